The van der Waals surface area contributed by atoms with E-state index in [0.717, 1.165) is 18.8 Å². The van der Waals surface area contributed by atoms with Crippen LogP contribution >= 0.6 is 0 Å². The smallest absolute Gasteiger partial charge is 0.128 e. The molecular formula is C23H36N2O. The molecule has 3 rings (SSSR count). The van der Waals surface area contributed by atoms with Gasteiger partial charge in [-0.3, -0.25) is 4.90 Å². The van der Waals surface area contributed by atoms with Crippen molar-refractivity contribution in [3.05, 3.63) is 30.0 Å². The molecule has 1 aliphatic rings. The molecule has 0 spiro atoms. The second kappa shape index (κ2) is 10.0. The summed E-state index contributed by atoms with van der Waals surface area (Å²) in [6.07, 6.45) is 14.5. The van der Waals surface area contributed by atoms with Crippen LogP contribution in [-0.2, 0) is 13.1 Å². The molecule has 0 saturated carbocycles. The third-order valence-electron chi connectivity index (χ3n) is 5.76. The summed E-state index contributed by atoms with van der Waals surface area (Å²) in [5, 5.41) is 1.33. The van der Waals surface area contributed by atoms with E-state index in [2.05, 4.69) is 40.8 Å². The molecular weight excluding hydrogens is 320 g/mol. The molecule has 26 heavy (non-hydrogen) atoms. The predicted octanol–water partition coefficient (Wildman–Crippen LogP) is 6.00. The van der Waals surface area contributed by atoms with E-state index < -0.39 is 0 Å². The van der Waals surface area contributed by atoms with E-state index in [9.17, 15) is 0 Å². The maximum atomic E-state index is 5.71. The van der Waals surface area contributed by atoms with Gasteiger partial charge in [0, 0.05) is 24.7 Å². The fourth-order valence-electron chi connectivity index (χ4n) is 4.30. The maximum Gasteiger partial charge on any atom is 0.128 e. The highest BCUT2D eigenvalue weighted by Gasteiger charge is 2.17. The third kappa shape index (κ3) is 4.82. The first-order valence-electron chi connectivity index (χ1n) is 10.7. The van der Waals surface area contributed by atoms with Crippen molar-refractivity contribution in [1.29, 1.82) is 0 Å². The van der Waals surface area contributed by atoms with Crippen LogP contribution in [0, 0.1) is 0 Å². The van der Waals surface area contributed by atoms with E-state index in [0.29, 0.717) is 0 Å². The largest absolute Gasteiger partial charge is 0.496 e. The second-order valence-corrected chi connectivity index (χ2v) is 7.81. The highest BCUT2D eigenvalue weighted by atomic mass is 16.5. The number of fused-ring (bicyclic) bond motifs is 1. The zero-order chi connectivity index (χ0) is 18.2. The molecule has 0 aliphatic carbocycles. The number of piperidine rings is 1. The van der Waals surface area contributed by atoms with Gasteiger partial charge >= 0.3 is 0 Å². The molecule has 0 bridgehead atoms. The standard InChI is InChI=1S/C23H36N2O/c1-3-4-5-6-7-11-17-25-19-20(18-24-15-9-8-10-16-24)23-21(25)13-12-14-22(23)26-2/h12-14,19H,3-11,15-18H2,1-2H3. The minimum Gasteiger partial charge on any atom is -0.496 e. The summed E-state index contributed by atoms with van der Waals surface area (Å²) < 4.78 is 8.18. The molecule has 0 atom stereocenters. The fourth-order valence-corrected chi connectivity index (χ4v) is 4.30. The van der Waals surface area contributed by atoms with Gasteiger partial charge < -0.3 is 9.30 Å². The zero-order valence-electron chi connectivity index (χ0n) is 16.8. The molecule has 0 unspecified atom stereocenters. The van der Waals surface area contributed by atoms with Crippen molar-refractivity contribution in [1.82, 2.24) is 9.47 Å². The number of methoxy groups -OCH3 is 1. The quantitative estimate of drug-likeness (QED) is 0.486. The van der Waals surface area contributed by atoms with Crippen LogP contribution in [0.5, 0.6) is 5.75 Å². The Morgan fingerprint density at radius 2 is 1.73 bits per heavy atom. The lowest BCUT2D eigenvalue weighted by Gasteiger charge is -2.26. The van der Waals surface area contributed by atoms with E-state index >= 15 is 0 Å². The van der Waals surface area contributed by atoms with Crippen molar-refractivity contribution < 1.29 is 4.74 Å². The van der Waals surface area contributed by atoms with Crippen LogP contribution in [0.2, 0.25) is 0 Å². The molecule has 2 aromatic rings. The zero-order valence-corrected chi connectivity index (χ0v) is 16.8. The van der Waals surface area contributed by atoms with Crippen LogP contribution in [0.4, 0.5) is 0 Å². The van der Waals surface area contributed by atoms with Gasteiger partial charge in [-0.2, -0.15) is 0 Å². The van der Waals surface area contributed by atoms with Gasteiger partial charge in [-0.15, -0.1) is 0 Å². The van der Waals surface area contributed by atoms with E-state index in [1.165, 1.54) is 87.3 Å². The van der Waals surface area contributed by atoms with Gasteiger partial charge in [-0.05, 0) is 50.0 Å². The molecule has 144 valence electrons. The normalized spacial score (nSPS) is 15.6. The lowest BCUT2D eigenvalue weighted by Crippen LogP contribution is -2.29. The van der Waals surface area contributed by atoms with Gasteiger partial charge in [-0.1, -0.05) is 51.5 Å². The van der Waals surface area contributed by atoms with Gasteiger partial charge in [0.2, 0.25) is 0 Å². The first kappa shape index (κ1) is 19.3. The highest BCUT2D eigenvalue weighted by molar-refractivity contribution is 5.90. The Labute approximate surface area is 159 Å². The Kier molecular flexibility index (Phi) is 7.43. The van der Waals surface area contributed by atoms with E-state index in [1.807, 2.05) is 0 Å². The summed E-state index contributed by atoms with van der Waals surface area (Å²) in [4.78, 5) is 2.61. The van der Waals surface area contributed by atoms with E-state index in [-0.39, 0.29) is 0 Å². The number of hydrogen-bond acceptors (Lipinski definition) is 2. The number of aryl methyl sites for hydroxylation is 1. The summed E-state index contributed by atoms with van der Waals surface area (Å²) in [5.41, 5.74) is 2.77. The van der Waals surface area contributed by atoms with Crippen molar-refractivity contribution in [3.8, 4) is 5.75 Å². The Hall–Kier alpha value is -1.48. The minimum absolute atomic E-state index is 1.02. The summed E-state index contributed by atoms with van der Waals surface area (Å²) >= 11 is 0. The Morgan fingerprint density at radius 1 is 0.962 bits per heavy atom. The highest BCUT2D eigenvalue weighted by Crippen LogP contribution is 2.32. The van der Waals surface area contributed by atoms with Crippen molar-refractivity contribution in [2.24, 2.45) is 0 Å². The monoisotopic (exact) mass is 356 g/mol. The summed E-state index contributed by atoms with van der Waals surface area (Å²) in [6.45, 7) is 6.93. The number of unbranched alkanes of at least 4 members (excludes halogenated alkanes) is 5. The average molecular weight is 357 g/mol. The molecule has 0 radical (unpaired) electrons. The number of hydrogen-bond donors (Lipinski definition) is 0. The molecule has 1 saturated heterocycles. The van der Waals surface area contributed by atoms with Gasteiger partial charge in [0.15, 0.2) is 0 Å². The van der Waals surface area contributed by atoms with Crippen LogP contribution in [0.3, 0.4) is 0 Å². The van der Waals surface area contributed by atoms with Crippen LogP contribution < -0.4 is 4.74 Å². The van der Waals surface area contributed by atoms with Crippen molar-refractivity contribution in [2.45, 2.75) is 77.8 Å². The van der Waals surface area contributed by atoms with E-state index in [4.69, 9.17) is 4.74 Å². The molecule has 1 aliphatic heterocycles. The van der Waals surface area contributed by atoms with Gasteiger partial charge in [0.05, 0.1) is 12.6 Å². The summed E-state index contributed by atoms with van der Waals surface area (Å²) in [7, 11) is 1.80. The van der Waals surface area contributed by atoms with Gasteiger partial charge in [-0.25, -0.2) is 0 Å². The van der Waals surface area contributed by atoms with Gasteiger partial charge in [0.1, 0.15) is 5.75 Å². The topological polar surface area (TPSA) is 17.4 Å². The lowest BCUT2D eigenvalue weighted by atomic mass is 10.1. The van der Waals surface area contributed by atoms with Crippen molar-refractivity contribution in [2.75, 3.05) is 20.2 Å². The number of aromatic nitrogens is 1. The molecule has 3 heteroatoms. The maximum absolute atomic E-state index is 5.71. The molecule has 3 nitrogen and oxygen atoms in total. The number of likely N-dealkylation sites (tertiary alicyclic amines) is 1. The third-order valence-corrected chi connectivity index (χ3v) is 5.76. The Morgan fingerprint density at radius 3 is 2.50 bits per heavy atom. The molecule has 1 fully saturated rings. The van der Waals surface area contributed by atoms with Crippen LogP contribution in [-0.4, -0.2) is 29.7 Å². The number of ether oxygens (including phenoxy) is 1. The molecule has 2 heterocycles. The van der Waals surface area contributed by atoms with Crippen molar-refractivity contribution >= 4 is 10.9 Å². The second-order valence-electron chi connectivity index (χ2n) is 7.81. The average Bonchev–Trinajstić information content (AvgIpc) is 3.03. The molecule has 1 aromatic heterocycles. The lowest BCUT2D eigenvalue weighted by molar-refractivity contribution is 0.221. The predicted molar refractivity (Wildman–Crippen MR) is 111 cm³/mol. The minimum atomic E-state index is 1.02. The fraction of sp³-hybridized carbons (Fsp3) is 0.652. The van der Waals surface area contributed by atoms with Crippen LogP contribution in [0.15, 0.2) is 24.4 Å². The number of nitrogens with zero attached hydrogens (tertiary/aromatic N) is 2. The molecule has 0 N–H and O–H groups in total. The molecule has 0 amide bonds. The van der Waals surface area contributed by atoms with Gasteiger partial charge in [0.25, 0.3) is 0 Å². The van der Waals surface area contributed by atoms with Crippen molar-refractivity contribution in [3.63, 3.8) is 0 Å². The van der Waals surface area contributed by atoms with Crippen LogP contribution in [0.25, 0.3) is 10.9 Å². The SMILES string of the molecule is CCCCCCCCn1cc(CN2CCCCC2)c2c(OC)cccc21. The number of rotatable bonds is 10. The first-order chi connectivity index (χ1) is 12.8. The summed E-state index contributed by atoms with van der Waals surface area (Å²) in [5.74, 6) is 1.02. The summed E-state index contributed by atoms with van der Waals surface area (Å²) in [6, 6.07) is 6.50. The Bertz CT molecular complexity index is 670. The molecule has 1 aromatic carbocycles. The van der Waals surface area contributed by atoms with E-state index in [1.54, 1.807) is 7.11 Å². The number of benzene rings is 1. The van der Waals surface area contributed by atoms with Crippen LogP contribution in [0.1, 0.15) is 70.3 Å². The Balaban J connectivity index is 1.73. The first-order valence-corrected chi connectivity index (χ1v) is 10.7.